The Kier molecular flexibility index (Phi) is 7.98. The smallest absolute Gasteiger partial charge is 0.173 e. The Balaban J connectivity index is 1.46. The van der Waals surface area contributed by atoms with Crippen LogP contribution >= 0.6 is 0 Å². The number of tetrazole rings is 2. The Hall–Kier alpha value is -5.26. The average molecular weight is 577 g/mol. The van der Waals surface area contributed by atoms with Crippen LogP contribution in [-0.2, 0) is 0 Å². The number of phenols is 2. The van der Waals surface area contributed by atoms with Gasteiger partial charge in [-0.25, -0.2) is 0 Å². The van der Waals surface area contributed by atoms with Gasteiger partial charge in [-0.1, -0.05) is 43.5 Å². The van der Waals surface area contributed by atoms with Crippen LogP contribution in [0.4, 0.5) is 0 Å². The summed E-state index contributed by atoms with van der Waals surface area (Å²) in [6.07, 6.45) is 9.33. The van der Waals surface area contributed by atoms with Gasteiger partial charge in [0.05, 0.1) is 12.4 Å². The van der Waals surface area contributed by atoms with Crippen molar-refractivity contribution in [2.45, 2.75) is 57.8 Å². The van der Waals surface area contributed by atoms with Crippen LogP contribution < -0.4 is 0 Å². The van der Waals surface area contributed by atoms with Crippen molar-refractivity contribution >= 4 is 12.4 Å². The van der Waals surface area contributed by atoms with Crippen molar-refractivity contribution in [3.05, 3.63) is 106 Å². The number of rotatable bonds is 8. The molecule has 0 saturated heterocycles. The topological polar surface area (TPSA) is 152 Å². The zero-order valence-corrected chi connectivity index (χ0v) is 24.0. The number of aromatic hydroxyl groups is 2. The van der Waals surface area contributed by atoms with Crippen LogP contribution in [0.25, 0.3) is 0 Å². The third kappa shape index (κ3) is 6.17. The van der Waals surface area contributed by atoms with Crippen molar-refractivity contribution in [1.82, 2.24) is 40.6 Å². The SMILES string of the molecule is Cc1nnnn1N=Cc1ccc(O)c(C(c2cccc(C3CCCCC3)c2)c2cc(C=Nn3nnnc3C)ccc2O)c1. The van der Waals surface area contributed by atoms with Gasteiger partial charge >= 0.3 is 0 Å². The number of aromatic nitrogens is 8. The van der Waals surface area contributed by atoms with Crippen LogP contribution in [0.2, 0.25) is 0 Å². The minimum Gasteiger partial charge on any atom is -0.508 e. The predicted molar refractivity (Wildman–Crippen MR) is 161 cm³/mol. The fourth-order valence-corrected chi connectivity index (χ4v) is 5.63. The quantitative estimate of drug-likeness (QED) is 0.199. The second kappa shape index (κ2) is 12.3. The van der Waals surface area contributed by atoms with E-state index in [1.54, 1.807) is 50.5 Å². The van der Waals surface area contributed by atoms with Crippen molar-refractivity contribution in [3.8, 4) is 11.5 Å². The highest BCUT2D eigenvalue weighted by Gasteiger charge is 2.25. The molecule has 0 spiro atoms. The first-order valence-corrected chi connectivity index (χ1v) is 14.3. The maximum atomic E-state index is 11.2. The Bertz CT molecular complexity index is 1690. The maximum Gasteiger partial charge on any atom is 0.173 e. The largest absolute Gasteiger partial charge is 0.508 e. The van der Waals surface area contributed by atoms with Crippen molar-refractivity contribution in [3.63, 3.8) is 0 Å². The monoisotopic (exact) mass is 576 g/mol. The summed E-state index contributed by atoms with van der Waals surface area (Å²) in [5.41, 5.74) is 4.97. The summed E-state index contributed by atoms with van der Waals surface area (Å²) >= 11 is 0. The average Bonchev–Trinajstić information content (AvgIpc) is 3.65. The first-order chi connectivity index (χ1) is 21.0. The van der Waals surface area contributed by atoms with E-state index in [2.05, 4.69) is 59.5 Å². The van der Waals surface area contributed by atoms with E-state index in [-0.39, 0.29) is 11.5 Å². The van der Waals surface area contributed by atoms with Gasteiger partial charge in [-0.2, -0.15) is 10.2 Å². The number of phenolic OH excluding ortho intramolecular Hbond substituents is 2. The molecule has 5 aromatic rings. The van der Waals surface area contributed by atoms with Crippen LogP contribution in [-0.4, -0.2) is 63.3 Å². The van der Waals surface area contributed by atoms with Crippen LogP contribution in [0, 0.1) is 13.8 Å². The Morgan fingerprint density at radius 1 is 0.744 bits per heavy atom. The molecule has 1 aliphatic rings. The van der Waals surface area contributed by atoms with E-state index in [4.69, 9.17) is 0 Å². The van der Waals surface area contributed by atoms with Crippen LogP contribution in [0.15, 0.2) is 70.9 Å². The lowest BCUT2D eigenvalue weighted by Gasteiger charge is -2.25. The lowest BCUT2D eigenvalue weighted by Crippen LogP contribution is -2.09. The minimum absolute atomic E-state index is 0.103. The molecule has 2 N–H and O–H groups in total. The van der Waals surface area contributed by atoms with Crippen LogP contribution in [0.3, 0.4) is 0 Å². The van der Waals surface area contributed by atoms with Crippen LogP contribution in [0.1, 0.15) is 89.0 Å². The van der Waals surface area contributed by atoms with E-state index in [0.717, 1.165) is 29.5 Å². The molecule has 1 aliphatic carbocycles. The van der Waals surface area contributed by atoms with Gasteiger partial charge in [0.15, 0.2) is 11.6 Å². The summed E-state index contributed by atoms with van der Waals surface area (Å²) in [6.45, 7) is 3.52. The molecule has 0 aliphatic heterocycles. The molecule has 218 valence electrons. The number of hydrogen-bond acceptors (Lipinski definition) is 10. The molecule has 1 saturated carbocycles. The van der Waals surface area contributed by atoms with Crippen LogP contribution in [0.5, 0.6) is 11.5 Å². The van der Waals surface area contributed by atoms with Gasteiger partial charge in [0.2, 0.25) is 0 Å². The molecule has 43 heavy (non-hydrogen) atoms. The van der Waals surface area contributed by atoms with Gasteiger partial charge in [-0.15, -0.1) is 19.8 Å². The lowest BCUT2D eigenvalue weighted by atomic mass is 9.79. The van der Waals surface area contributed by atoms with Crippen molar-refractivity contribution in [2.24, 2.45) is 10.2 Å². The third-order valence-corrected chi connectivity index (χ3v) is 7.89. The maximum absolute atomic E-state index is 11.2. The number of nitrogens with zero attached hydrogens (tertiary/aromatic N) is 10. The summed E-state index contributed by atoms with van der Waals surface area (Å²) in [4.78, 5) is 2.66. The second-order valence-corrected chi connectivity index (χ2v) is 10.8. The summed E-state index contributed by atoms with van der Waals surface area (Å²) in [7, 11) is 0. The molecule has 6 rings (SSSR count). The van der Waals surface area contributed by atoms with E-state index in [1.165, 1.54) is 34.4 Å². The molecular formula is C31H32N10O2. The van der Waals surface area contributed by atoms with Gasteiger partial charge in [0, 0.05) is 17.0 Å². The molecule has 0 atom stereocenters. The molecule has 2 heterocycles. The van der Waals surface area contributed by atoms with Crippen molar-refractivity contribution < 1.29 is 10.2 Å². The zero-order chi connectivity index (χ0) is 29.8. The summed E-state index contributed by atoms with van der Waals surface area (Å²) in [5.74, 6) is 1.31. The molecule has 1 fully saturated rings. The fraction of sp³-hybridized carbons (Fsp3) is 0.290. The second-order valence-electron chi connectivity index (χ2n) is 10.8. The van der Waals surface area contributed by atoms with E-state index in [1.807, 2.05) is 18.2 Å². The third-order valence-electron chi connectivity index (χ3n) is 7.89. The number of benzene rings is 3. The molecule has 0 unspecified atom stereocenters. The Labute approximate surface area is 248 Å². The first-order valence-electron chi connectivity index (χ1n) is 14.3. The van der Waals surface area contributed by atoms with Crippen molar-refractivity contribution in [1.29, 1.82) is 0 Å². The van der Waals surface area contributed by atoms with Gasteiger partial charge in [0.1, 0.15) is 11.5 Å². The lowest BCUT2D eigenvalue weighted by molar-refractivity contribution is 0.443. The molecule has 12 nitrogen and oxygen atoms in total. The number of aryl methyl sites for hydroxylation is 2. The molecule has 0 bridgehead atoms. The van der Waals surface area contributed by atoms with Gasteiger partial charge < -0.3 is 10.2 Å². The van der Waals surface area contributed by atoms with Gasteiger partial charge in [-0.05, 0) is 112 Å². The van der Waals surface area contributed by atoms with E-state index >= 15 is 0 Å². The molecular weight excluding hydrogens is 544 g/mol. The normalized spacial score (nSPS) is 15.0. The van der Waals surface area contributed by atoms with E-state index in [0.29, 0.717) is 28.7 Å². The van der Waals surface area contributed by atoms with Gasteiger partial charge in [-0.3, -0.25) is 0 Å². The highest BCUT2D eigenvalue weighted by molar-refractivity contribution is 5.82. The molecule has 0 radical (unpaired) electrons. The summed E-state index contributed by atoms with van der Waals surface area (Å²) in [5, 5.41) is 53.9. The van der Waals surface area contributed by atoms with E-state index < -0.39 is 5.92 Å². The predicted octanol–water partition coefficient (Wildman–Crippen LogP) is 4.68. The Morgan fingerprint density at radius 3 is 1.81 bits per heavy atom. The zero-order valence-electron chi connectivity index (χ0n) is 24.0. The fourth-order valence-electron chi connectivity index (χ4n) is 5.63. The van der Waals surface area contributed by atoms with Gasteiger partial charge in [0.25, 0.3) is 0 Å². The molecule has 2 aromatic heterocycles. The molecule has 3 aromatic carbocycles. The first kappa shape index (κ1) is 27.9. The molecule has 12 heteroatoms. The minimum atomic E-state index is -0.491. The van der Waals surface area contributed by atoms with Crippen molar-refractivity contribution in [2.75, 3.05) is 0 Å². The van der Waals surface area contributed by atoms with E-state index in [9.17, 15) is 10.2 Å². The standard InChI is InChI=1S/C31H32N10O2/c1-20-34-36-38-40(20)32-18-22-11-13-29(42)27(15-22)31(26-10-6-9-25(17-26)24-7-4-3-5-8-24)28-16-23(12-14-30(28)43)19-33-41-21(2)35-37-39-41/h6,9-19,24,31,42-43H,3-5,7-8H2,1-2H3. The summed E-state index contributed by atoms with van der Waals surface area (Å²) in [6, 6.07) is 19.1. The summed E-state index contributed by atoms with van der Waals surface area (Å²) < 4.78 is 0. The molecule has 0 amide bonds. The number of hydrogen-bond donors (Lipinski definition) is 2. The Morgan fingerprint density at radius 2 is 1.30 bits per heavy atom. The highest BCUT2D eigenvalue weighted by atomic mass is 16.3. The highest BCUT2D eigenvalue weighted by Crippen LogP contribution is 2.42.